The van der Waals surface area contributed by atoms with E-state index in [2.05, 4.69) is 17.9 Å². The summed E-state index contributed by atoms with van der Waals surface area (Å²) in [5.41, 5.74) is 1.54. The second-order valence-electron chi connectivity index (χ2n) is 8.83. The molecule has 2 N–H and O–H groups in total. The monoisotopic (exact) mass is 356 g/mol. The van der Waals surface area contributed by atoms with E-state index in [1.54, 1.807) is 17.9 Å². The smallest absolute Gasteiger partial charge is 0.224 e. The van der Waals surface area contributed by atoms with E-state index in [1.165, 1.54) is 6.42 Å². The van der Waals surface area contributed by atoms with Crippen molar-refractivity contribution in [3.8, 4) is 5.75 Å². The number of hydrogen-bond acceptors (Lipinski definition) is 4. The summed E-state index contributed by atoms with van der Waals surface area (Å²) in [6.45, 7) is 5.92. The van der Waals surface area contributed by atoms with Crippen LogP contribution in [-0.4, -0.2) is 52.3 Å². The average Bonchev–Trinajstić information content (AvgIpc) is 3.15. The Kier molecular flexibility index (Phi) is 3.33. The number of piperidine rings is 1. The molecule has 3 heterocycles. The van der Waals surface area contributed by atoms with E-state index in [4.69, 9.17) is 0 Å². The Hall–Kier alpha value is -1.59. The van der Waals surface area contributed by atoms with Crippen molar-refractivity contribution in [2.45, 2.75) is 69.6 Å². The molecule has 5 nitrogen and oxygen atoms in total. The van der Waals surface area contributed by atoms with Gasteiger partial charge in [0, 0.05) is 18.4 Å². The Labute approximate surface area is 154 Å². The SMILES string of the molecule is CC[C@@]12CCCN3CC[C@]4(c5cccc(O)c5N(C(C)=O)[C@@H]4[C@@H](O)C1)[C@H]32. The molecule has 0 unspecified atom stereocenters. The normalized spacial score (nSPS) is 40.9. The summed E-state index contributed by atoms with van der Waals surface area (Å²) in [7, 11) is 0. The van der Waals surface area contributed by atoms with Gasteiger partial charge in [-0.3, -0.25) is 9.69 Å². The van der Waals surface area contributed by atoms with Crippen LogP contribution in [0.3, 0.4) is 0 Å². The highest BCUT2D eigenvalue weighted by Gasteiger charge is 2.71. The van der Waals surface area contributed by atoms with Crippen LogP contribution in [0.5, 0.6) is 5.75 Å². The topological polar surface area (TPSA) is 64.0 Å². The van der Waals surface area contributed by atoms with Gasteiger partial charge in [-0.05, 0) is 62.2 Å². The predicted molar refractivity (Wildman–Crippen MR) is 99.3 cm³/mol. The van der Waals surface area contributed by atoms with Gasteiger partial charge in [0.05, 0.1) is 17.8 Å². The van der Waals surface area contributed by atoms with E-state index in [1.807, 2.05) is 6.07 Å². The molecule has 0 bridgehead atoms. The molecule has 1 aromatic rings. The minimum absolute atomic E-state index is 0.0908. The van der Waals surface area contributed by atoms with E-state index in [-0.39, 0.29) is 28.5 Å². The first-order valence-electron chi connectivity index (χ1n) is 10.0. The summed E-state index contributed by atoms with van der Waals surface area (Å²) < 4.78 is 0. The minimum Gasteiger partial charge on any atom is -0.506 e. The van der Waals surface area contributed by atoms with Crippen molar-refractivity contribution in [2.75, 3.05) is 18.0 Å². The highest BCUT2D eigenvalue weighted by molar-refractivity contribution is 5.98. The number of fused-ring (bicyclic) bond motifs is 1. The minimum atomic E-state index is -0.556. The van der Waals surface area contributed by atoms with Crippen LogP contribution < -0.4 is 4.90 Å². The number of amides is 1. The number of anilines is 1. The maximum Gasteiger partial charge on any atom is 0.224 e. The van der Waals surface area contributed by atoms with Crippen LogP contribution in [0.4, 0.5) is 5.69 Å². The lowest BCUT2D eigenvalue weighted by atomic mass is 9.51. The largest absolute Gasteiger partial charge is 0.506 e. The van der Waals surface area contributed by atoms with E-state index in [0.717, 1.165) is 44.3 Å². The third-order valence-corrected chi connectivity index (χ3v) is 7.95. The van der Waals surface area contributed by atoms with Gasteiger partial charge >= 0.3 is 0 Å². The number of carbonyl (C=O) groups is 1. The molecule has 4 aliphatic rings. The van der Waals surface area contributed by atoms with Gasteiger partial charge in [0.15, 0.2) is 0 Å². The third-order valence-electron chi connectivity index (χ3n) is 7.95. The Bertz CT molecular complexity index is 781. The molecule has 1 spiro atoms. The maximum absolute atomic E-state index is 12.6. The van der Waals surface area contributed by atoms with E-state index in [0.29, 0.717) is 11.7 Å². The first kappa shape index (κ1) is 16.6. The Morgan fingerprint density at radius 2 is 2.12 bits per heavy atom. The molecule has 3 fully saturated rings. The fourth-order valence-electron chi connectivity index (χ4n) is 7.27. The fourth-order valence-corrected chi connectivity index (χ4v) is 7.27. The van der Waals surface area contributed by atoms with Crippen LogP contribution in [0.25, 0.3) is 0 Å². The first-order valence-corrected chi connectivity index (χ1v) is 10.0. The first-order chi connectivity index (χ1) is 12.5. The van der Waals surface area contributed by atoms with E-state index in [9.17, 15) is 15.0 Å². The van der Waals surface area contributed by atoms with Gasteiger partial charge in [-0.25, -0.2) is 0 Å². The summed E-state index contributed by atoms with van der Waals surface area (Å²) in [5, 5.41) is 22.0. The molecule has 26 heavy (non-hydrogen) atoms. The quantitative estimate of drug-likeness (QED) is 0.811. The number of carbonyl (C=O) groups excluding carboxylic acids is 1. The van der Waals surface area contributed by atoms with E-state index < -0.39 is 6.10 Å². The van der Waals surface area contributed by atoms with Crippen molar-refractivity contribution >= 4 is 11.6 Å². The number of phenolic OH excluding ortho intramolecular Hbond substituents is 1. The number of aliphatic hydroxyl groups excluding tert-OH is 1. The van der Waals surface area contributed by atoms with Gasteiger partial charge in [-0.15, -0.1) is 0 Å². The molecule has 1 aromatic carbocycles. The Morgan fingerprint density at radius 3 is 2.85 bits per heavy atom. The molecular weight excluding hydrogens is 328 g/mol. The van der Waals surface area contributed by atoms with Crippen molar-refractivity contribution in [3.05, 3.63) is 23.8 Å². The summed E-state index contributed by atoms with van der Waals surface area (Å²) in [6, 6.07) is 5.71. The number of hydrogen-bond donors (Lipinski definition) is 2. The van der Waals surface area contributed by atoms with Gasteiger partial charge in [-0.1, -0.05) is 19.1 Å². The Balaban J connectivity index is 1.80. The van der Waals surface area contributed by atoms with Crippen LogP contribution in [0, 0.1) is 5.41 Å². The molecule has 5 heteroatoms. The molecule has 0 radical (unpaired) electrons. The lowest BCUT2D eigenvalue weighted by Gasteiger charge is -2.60. The number of aromatic hydroxyl groups is 1. The number of benzene rings is 1. The van der Waals surface area contributed by atoms with Gasteiger partial charge < -0.3 is 15.1 Å². The van der Waals surface area contributed by atoms with Crippen molar-refractivity contribution in [1.29, 1.82) is 0 Å². The Morgan fingerprint density at radius 1 is 1.31 bits per heavy atom. The van der Waals surface area contributed by atoms with Crippen molar-refractivity contribution in [1.82, 2.24) is 4.90 Å². The molecule has 1 saturated carbocycles. The maximum atomic E-state index is 12.6. The lowest BCUT2D eigenvalue weighted by Crippen LogP contribution is -2.69. The van der Waals surface area contributed by atoms with Gasteiger partial charge in [0.25, 0.3) is 0 Å². The number of aliphatic hydroxyl groups is 1. The fraction of sp³-hybridized carbons (Fsp3) is 0.667. The summed E-state index contributed by atoms with van der Waals surface area (Å²) >= 11 is 0. The molecule has 140 valence electrons. The summed E-state index contributed by atoms with van der Waals surface area (Å²) in [5.74, 6) is 0.0666. The molecule has 5 atom stereocenters. The summed E-state index contributed by atoms with van der Waals surface area (Å²) in [4.78, 5) is 17.0. The molecule has 0 aromatic heterocycles. The second-order valence-corrected chi connectivity index (χ2v) is 8.83. The second kappa shape index (κ2) is 5.23. The molecule has 1 aliphatic carbocycles. The van der Waals surface area contributed by atoms with E-state index >= 15 is 0 Å². The highest BCUT2D eigenvalue weighted by Crippen LogP contribution is 2.66. The molecule has 3 aliphatic heterocycles. The van der Waals surface area contributed by atoms with Crippen molar-refractivity contribution < 1.29 is 15.0 Å². The zero-order valence-corrected chi connectivity index (χ0v) is 15.6. The number of para-hydroxylation sites is 1. The number of nitrogens with zero attached hydrogens (tertiary/aromatic N) is 2. The predicted octanol–water partition coefficient (Wildman–Crippen LogP) is 2.39. The van der Waals surface area contributed by atoms with Crippen molar-refractivity contribution in [3.63, 3.8) is 0 Å². The highest BCUT2D eigenvalue weighted by atomic mass is 16.3. The zero-order valence-electron chi connectivity index (χ0n) is 15.6. The average molecular weight is 356 g/mol. The molecular formula is C21H28N2O3. The van der Waals surface area contributed by atoms with Gasteiger partial charge in [-0.2, -0.15) is 0 Å². The van der Waals surface area contributed by atoms with Crippen LogP contribution in [0.1, 0.15) is 51.5 Å². The van der Waals surface area contributed by atoms with Gasteiger partial charge in [0.2, 0.25) is 5.91 Å². The number of phenols is 1. The van der Waals surface area contributed by atoms with Crippen LogP contribution in [0.15, 0.2) is 18.2 Å². The zero-order chi connectivity index (χ0) is 18.3. The summed E-state index contributed by atoms with van der Waals surface area (Å²) in [6.07, 6.45) is 4.51. The molecule has 2 saturated heterocycles. The van der Waals surface area contributed by atoms with Crippen LogP contribution in [0.2, 0.25) is 0 Å². The standard InChI is InChI=1S/C21H28N2O3/c1-3-20-8-5-10-22-11-9-21(19(20)22)14-6-4-7-15(25)17(14)23(13(2)24)18(21)16(26)12-20/h4,6-7,16,18-19,25-26H,3,5,8-12H2,1-2H3/t16-,18+,19+,20+,21+/m0/s1. The number of rotatable bonds is 1. The van der Waals surface area contributed by atoms with Gasteiger partial charge in [0.1, 0.15) is 5.75 Å². The van der Waals surface area contributed by atoms with Crippen LogP contribution in [-0.2, 0) is 10.2 Å². The van der Waals surface area contributed by atoms with Crippen molar-refractivity contribution in [2.24, 2.45) is 5.41 Å². The van der Waals surface area contributed by atoms with Crippen LogP contribution >= 0.6 is 0 Å². The molecule has 1 amide bonds. The third kappa shape index (κ3) is 1.71. The lowest BCUT2D eigenvalue weighted by molar-refractivity contribution is -0.121. The molecule has 5 rings (SSSR count).